The van der Waals surface area contributed by atoms with Gasteiger partial charge in [0.2, 0.25) is 0 Å². The Balaban J connectivity index is 2.20. The van der Waals surface area contributed by atoms with Gasteiger partial charge in [-0.3, -0.25) is 0 Å². The summed E-state index contributed by atoms with van der Waals surface area (Å²) in [6, 6.07) is 8.31. The van der Waals surface area contributed by atoms with E-state index < -0.39 is 0 Å². The molecule has 0 spiro atoms. The maximum atomic E-state index is 5.78. The van der Waals surface area contributed by atoms with Crippen LogP contribution in [0.5, 0.6) is 0 Å². The highest BCUT2D eigenvalue weighted by Gasteiger charge is 2.17. The molecule has 2 aromatic rings. The van der Waals surface area contributed by atoms with Crippen LogP contribution in [0.2, 0.25) is 0 Å². The molecule has 0 bridgehead atoms. The summed E-state index contributed by atoms with van der Waals surface area (Å²) in [5.74, 6) is 1.81. The van der Waals surface area contributed by atoms with Crippen LogP contribution in [0.15, 0.2) is 34.1 Å². The number of ether oxygens (including phenoxy) is 1. The van der Waals surface area contributed by atoms with Crippen molar-refractivity contribution in [3.8, 4) is 0 Å². The van der Waals surface area contributed by atoms with E-state index in [9.17, 15) is 0 Å². The molecule has 2 heterocycles. The van der Waals surface area contributed by atoms with E-state index >= 15 is 0 Å². The molecule has 92 valence electrons. The number of methoxy groups -OCH3 is 1. The Kier molecular flexibility index (Phi) is 4.36. The van der Waals surface area contributed by atoms with Crippen molar-refractivity contribution in [2.45, 2.75) is 19.6 Å². The van der Waals surface area contributed by atoms with Crippen LogP contribution in [0.3, 0.4) is 0 Å². The van der Waals surface area contributed by atoms with Crippen molar-refractivity contribution in [3.05, 3.63) is 46.0 Å². The molecule has 0 fully saturated rings. The van der Waals surface area contributed by atoms with Gasteiger partial charge in [0.15, 0.2) is 0 Å². The third kappa shape index (κ3) is 2.97. The largest absolute Gasteiger partial charge is 0.462 e. The fourth-order valence-corrected chi connectivity index (χ4v) is 2.58. The molecule has 2 aromatic heterocycles. The van der Waals surface area contributed by atoms with Crippen molar-refractivity contribution in [2.75, 3.05) is 13.7 Å². The molecule has 0 aliphatic carbocycles. The summed E-state index contributed by atoms with van der Waals surface area (Å²) < 4.78 is 10.8. The highest BCUT2D eigenvalue weighted by molar-refractivity contribution is 7.10. The third-order valence-electron chi connectivity index (χ3n) is 2.49. The summed E-state index contributed by atoms with van der Waals surface area (Å²) in [6.45, 7) is 3.52. The second kappa shape index (κ2) is 6.00. The summed E-state index contributed by atoms with van der Waals surface area (Å²) >= 11 is 1.73. The molecule has 2 rings (SSSR count). The van der Waals surface area contributed by atoms with Crippen LogP contribution in [0.25, 0.3) is 0 Å². The van der Waals surface area contributed by atoms with E-state index in [2.05, 4.69) is 29.8 Å². The maximum absolute atomic E-state index is 5.78. The molecule has 1 N–H and O–H groups in total. The van der Waals surface area contributed by atoms with E-state index in [-0.39, 0.29) is 6.04 Å². The molecular formula is C13H17NO2S. The van der Waals surface area contributed by atoms with Gasteiger partial charge in [-0.15, -0.1) is 11.3 Å². The first-order chi connectivity index (χ1) is 8.35. The molecule has 0 aliphatic heterocycles. The van der Waals surface area contributed by atoms with Crippen molar-refractivity contribution in [3.63, 3.8) is 0 Å². The van der Waals surface area contributed by atoms with Crippen LogP contribution in [-0.2, 0) is 11.3 Å². The van der Waals surface area contributed by atoms with E-state index in [4.69, 9.17) is 9.15 Å². The highest BCUT2D eigenvalue weighted by atomic mass is 32.1. The Bertz CT molecular complexity index is 436. The average molecular weight is 251 g/mol. The Labute approximate surface area is 105 Å². The van der Waals surface area contributed by atoms with Gasteiger partial charge in [-0.25, -0.2) is 0 Å². The predicted octanol–water partition coefficient (Wildman–Crippen LogP) is 3.19. The Morgan fingerprint density at radius 2 is 2.29 bits per heavy atom. The van der Waals surface area contributed by atoms with Crippen LogP contribution in [0, 0.1) is 0 Å². The van der Waals surface area contributed by atoms with Crippen LogP contribution < -0.4 is 5.32 Å². The molecule has 3 nitrogen and oxygen atoms in total. The van der Waals surface area contributed by atoms with E-state index in [0.29, 0.717) is 6.61 Å². The predicted molar refractivity (Wildman–Crippen MR) is 69.3 cm³/mol. The molecule has 0 aromatic carbocycles. The Morgan fingerprint density at radius 3 is 2.94 bits per heavy atom. The van der Waals surface area contributed by atoms with Gasteiger partial charge in [-0.05, 0) is 30.1 Å². The molecule has 17 heavy (non-hydrogen) atoms. The first-order valence-corrected chi connectivity index (χ1v) is 6.57. The number of rotatable bonds is 6. The van der Waals surface area contributed by atoms with Gasteiger partial charge in [0.1, 0.15) is 24.2 Å². The van der Waals surface area contributed by atoms with Crippen LogP contribution in [0.4, 0.5) is 0 Å². The lowest BCUT2D eigenvalue weighted by Crippen LogP contribution is -2.20. The second-order valence-electron chi connectivity index (χ2n) is 3.74. The molecule has 4 heteroatoms. The van der Waals surface area contributed by atoms with Crippen molar-refractivity contribution >= 4 is 11.3 Å². The zero-order valence-corrected chi connectivity index (χ0v) is 10.9. The topological polar surface area (TPSA) is 34.4 Å². The maximum Gasteiger partial charge on any atom is 0.129 e. The van der Waals surface area contributed by atoms with Gasteiger partial charge < -0.3 is 14.5 Å². The minimum atomic E-state index is 0.144. The SMILES string of the molecule is CCNC(c1ccc(COC)o1)c1cccs1. The standard InChI is InChI=1S/C13H17NO2S/c1-3-14-13(12-5-4-8-17-12)11-7-6-10(16-11)9-15-2/h4-8,13-14H,3,9H2,1-2H3. The van der Waals surface area contributed by atoms with Gasteiger partial charge in [0.25, 0.3) is 0 Å². The van der Waals surface area contributed by atoms with Gasteiger partial charge in [0.05, 0.1) is 0 Å². The van der Waals surface area contributed by atoms with Crippen molar-refractivity contribution in [1.82, 2.24) is 5.32 Å². The monoisotopic (exact) mass is 251 g/mol. The lowest BCUT2D eigenvalue weighted by atomic mass is 10.2. The minimum absolute atomic E-state index is 0.144. The zero-order chi connectivity index (χ0) is 12.1. The quantitative estimate of drug-likeness (QED) is 0.856. The lowest BCUT2D eigenvalue weighted by Gasteiger charge is -2.13. The molecule has 0 aliphatic rings. The van der Waals surface area contributed by atoms with Gasteiger partial charge in [-0.2, -0.15) is 0 Å². The Hall–Kier alpha value is -1.10. The van der Waals surface area contributed by atoms with E-state index in [1.165, 1.54) is 4.88 Å². The first kappa shape index (κ1) is 12.4. The van der Waals surface area contributed by atoms with E-state index in [0.717, 1.165) is 18.1 Å². The molecule has 1 unspecified atom stereocenters. The lowest BCUT2D eigenvalue weighted by molar-refractivity contribution is 0.162. The third-order valence-corrected chi connectivity index (χ3v) is 3.43. The van der Waals surface area contributed by atoms with Gasteiger partial charge in [-0.1, -0.05) is 13.0 Å². The fraction of sp³-hybridized carbons (Fsp3) is 0.385. The number of hydrogen-bond acceptors (Lipinski definition) is 4. The molecule has 0 radical (unpaired) electrons. The van der Waals surface area contributed by atoms with Gasteiger partial charge in [0, 0.05) is 12.0 Å². The number of thiophene rings is 1. The minimum Gasteiger partial charge on any atom is -0.462 e. The number of hydrogen-bond donors (Lipinski definition) is 1. The molecular weight excluding hydrogens is 234 g/mol. The summed E-state index contributed by atoms with van der Waals surface area (Å²) in [4.78, 5) is 1.27. The Morgan fingerprint density at radius 1 is 1.41 bits per heavy atom. The van der Waals surface area contributed by atoms with Crippen LogP contribution in [-0.4, -0.2) is 13.7 Å². The molecule has 0 amide bonds. The smallest absolute Gasteiger partial charge is 0.129 e. The van der Waals surface area contributed by atoms with Crippen LogP contribution in [0.1, 0.15) is 29.4 Å². The van der Waals surface area contributed by atoms with Gasteiger partial charge >= 0.3 is 0 Å². The van der Waals surface area contributed by atoms with Crippen molar-refractivity contribution in [2.24, 2.45) is 0 Å². The molecule has 1 atom stereocenters. The van der Waals surface area contributed by atoms with Crippen molar-refractivity contribution in [1.29, 1.82) is 0 Å². The molecule has 0 saturated carbocycles. The zero-order valence-electron chi connectivity index (χ0n) is 10.1. The van der Waals surface area contributed by atoms with E-state index in [1.807, 2.05) is 12.1 Å². The van der Waals surface area contributed by atoms with E-state index in [1.54, 1.807) is 18.4 Å². The summed E-state index contributed by atoms with van der Waals surface area (Å²) in [7, 11) is 1.67. The van der Waals surface area contributed by atoms with Crippen molar-refractivity contribution < 1.29 is 9.15 Å². The fourth-order valence-electron chi connectivity index (χ4n) is 1.77. The number of furan rings is 1. The normalized spacial score (nSPS) is 12.8. The number of nitrogens with one attached hydrogen (secondary N) is 1. The van der Waals surface area contributed by atoms with Crippen LogP contribution >= 0.6 is 11.3 Å². The first-order valence-electron chi connectivity index (χ1n) is 5.69. The molecule has 0 saturated heterocycles. The highest BCUT2D eigenvalue weighted by Crippen LogP contribution is 2.27. The second-order valence-corrected chi connectivity index (χ2v) is 4.72. The average Bonchev–Trinajstić information content (AvgIpc) is 2.97. The summed E-state index contributed by atoms with van der Waals surface area (Å²) in [5, 5.41) is 5.51. The summed E-state index contributed by atoms with van der Waals surface area (Å²) in [6.07, 6.45) is 0. The summed E-state index contributed by atoms with van der Waals surface area (Å²) in [5.41, 5.74) is 0.